The summed E-state index contributed by atoms with van der Waals surface area (Å²) in [5.74, 6) is -1.64. The molecule has 286 valence electrons. The first-order valence-corrected chi connectivity index (χ1v) is 19.5. The van der Waals surface area contributed by atoms with Crippen molar-refractivity contribution in [3.63, 3.8) is 0 Å². The number of aromatic nitrogens is 3. The van der Waals surface area contributed by atoms with E-state index in [2.05, 4.69) is 20.4 Å². The predicted molar refractivity (Wildman–Crippen MR) is 197 cm³/mol. The van der Waals surface area contributed by atoms with Crippen molar-refractivity contribution in [2.24, 2.45) is 5.92 Å². The summed E-state index contributed by atoms with van der Waals surface area (Å²) in [6.07, 6.45) is 3.74. The van der Waals surface area contributed by atoms with Gasteiger partial charge in [0, 0.05) is 53.7 Å². The molecule has 1 N–H and O–H groups in total. The van der Waals surface area contributed by atoms with Crippen molar-refractivity contribution in [1.29, 1.82) is 0 Å². The quantitative estimate of drug-likeness (QED) is 0.160. The molecule has 1 unspecified atom stereocenters. The number of furan rings is 1. The predicted octanol–water partition coefficient (Wildman–Crippen LogP) is 5.29. The maximum Gasteiger partial charge on any atom is 0.249 e. The summed E-state index contributed by atoms with van der Waals surface area (Å²) in [4.78, 5) is 52.0. The van der Waals surface area contributed by atoms with E-state index in [0.29, 0.717) is 16.9 Å². The molecule has 2 aliphatic rings. The van der Waals surface area contributed by atoms with Gasteiger partial charge < -0.3 is 33.2 Å². The molecule has 1 aliphatic carbocycles. The highest BCUT2D eigenvalue weighted by Crippen LogP contribution is 2.54. The SMILES string of the molecule is COc1ccc(-c2oc3c(c2CC(=O)NC(CCS(C)(=O)=O)c2nc(-c4cccnc4)no2)C(=O)[C@@]2(Oc4c(Cl)c(OC)cc(OC)c4C2=O)[C@H](C)C3)cc1. The molecule has 55 heavy (non-hydrogen) atoms. The second kappa shape index (κ2) is 14.5. The number of hydrogen-bond donors (Lipinski definition) is 1. The second-order valence-electron chi connectivity index (χ2n) is 13.3. The van der Waals surface area contributed by atoms with Crippen molar-refractivity contribution < 1.29 is 50.7 Å². The van der Waals surface area contributed by atoms with Crippen LogP contribution in [-0.2, 0) is 27.5 Å². The van der Waals surface area contributed by atoms with Crippen molar-refractivity contribution in [3.8, 4) is 45.7 Å². The van der Waals surface area contributed by atoms with Crippen LogP contribution >= 0.6 is 11.6 Å². The van der Waals surface area contributed by atoms with Crippen LogP contribution in [0.3, 0.4) is 0 Å². The minimum absolute atomic E-state index is 0.00551. The van der Waals surface area contributed by atoms with Crippen LogP contribution in [0, 0.1) is 5.92 Å². The Morgan fingerprint density at radius 2 is 1.76 bits per heavy atom. The summed E-state index contributed by atoms with van der Waals surface area (Å²) in [7, 11) is 0.811. The average molecular weight is 791 g/mol. The first-order valence-electron chi connectivity index (χ1n) is 17.0. The number of carbonyl (C=O) groups is 3. The third-order valence-corrected chi connectivity index (χ3v) is 11.0. The summed E-state index contributed by atoms with van der Waals surface area (Å²) < 4.78 is 58.9. The van der Waals surface area contributed by atoms with E-state index < -0.39 is 51.3 Å². The van der Waals surface area contributed by atoms with Gasteiger partial charge in [-0.25, -0.2) is 8.42 Å². The second-order valence-corrected chi connectivity index (χ2v) is 15.9. The lowest BCUT2D eigenvalue weighted by atomic mass is 9.70. The number of carbonyl (C=O) groups excluding carboxylic acids is 3. The number of halogens is 1. The van der Waals surface area contributed by atoms with Crippen LogP contribution in [0.15, 0.2) is 63.8 Å². The molecule has 5 aromatic rings. The third-order valence-electron chi connectivity index (χ3n) is 9.71. The van der Waals surface area contributed by atoms with Crippen LogP contribution in [0.2, 0.25) is 5.02 Å². The molecule has 1 spiro atoms. The molecule has 15 nitrogen and oxygen atoms in total. The lowest BCUT2D eigenvalue weighted by molar-refractivity contribution is -0.121. The Morgan fingerprint density at radius 3 is 2.42 bits per heavy atom. The summed E-state index contributed by atoms with van der Waals surface area (Å²) in [5, 5.41) is 6.82. The minimum atomic E-state index is -3.48. The maximum atomic E-state index is 15.0. The zero-order valence-electron chi connectivity index (χ0n) is 30.3. The van der Waals surface area contributed by atoms with Crippen molar-refractivity contribution in [2.45, 2.75) is 37.8 Å². The number of ether oxygens (including phenoxy) is 4. The van der Waals surface area contributed by atoms with E-state index in [4.69, 9.17) is 39.5 Å². The Bertz CT molecular complexity index is 2430. The van der Waals surface area contributed by atoms with Gasteiger partial charge in [0.15, 0.2) is 5.75 Å². The number of ketones is 2. The van der Waals surface area contributed by atoms with E-state index in [-0.39, 0.29) is 80.8 Å². The number of methoxy groups -OCH3 is 3. The highest BCUT2D eigenvalue weighted by Gasteiger charge is 2.63. The highest BCUT2D eigenvalue weighted by molar-refractivity contribution is 7.90. The highest BCUT2D eigenvalue weighted by atomic mass is 35.5. The van der Waals surface area contributed by atoms with Crippen LogP contribution in [-0.4, -0.2) is 80.0 Å². The Morgan fingerprint density at radius 1 is 1.04 bits per heavy atom. The molecule has 3 atom stereocenters. The van der Waals surface area contributed by atoms with Gasteiger partial charge >= 0.3 is 0 Å². The third kappa shape index (κ3) is 6.69. The van der Waals surface area contributed by atoms with Gasteiger partial charge in [-0.2, -0.15) is 4.98 Å². The van der Waals surface area contributed by atoms with Crippen LogP contribution in [0.25, 0.3) is 22.7 Å². The number of benzene rings is 2. The van der Waals surface area contributed by atoms with E-state index in [0.717, 1.165) is 6.26 Å². The van der Waals surface area contributed by atoms with Gasteiger partial charge in [0.25, 0.3) is 0 Å². The Balaban J connectivity index is 1.29. The van der Waals surface area contributed by atoms with Gasteiger partial charge in [-0.3, -0.25) is 19.4 Å². The smallest absolute Gasteiger partial charge is 0.249 e. The molecular weight excluding hydrogens is 756 g/mol. The number of rotatable bonds is 12. The van der Waals surface area contributed by atoms with E-state index in [1.807, 2.05) is 0 Å². The lowest BCUT2D eigenvalue weighted by Crippen LogP contribution is -2.56. The molecule has 4 heterocycles. The van der Waals surface area contributed by atoms with Crippen LogP contribution in [0.4, 0.5) is 0 Å². The van der Waals surface area contributed by atoms with Gasteiger partial charge in [-0.15, -0.1) is 0 Å². The summed E-state index contributed by atoms with van der Waals surface area (Å²) in [6, 6.07) is 10.7. The summed E-state index contributed by atoms with van der Waals surface area (Å²) in [5.41, 5.74) is -0.823. The normalized spacial score (nSPS) is 18.0. The monoisotopic (exact) mass is 790 g/mol. The van der Waals surface area contributed by atoms with E-state index in [1.54, 1.807) is 49.5 Å². The molecule has 0 saturated carbocycles. The molecule has 7 rings (SSSR count). The molecule has 1 amide bonds. The molecule has 2 aromatic carbocycles. The summed E-state index contributed by atoms with van der Waals surface area (Å²) in [6.45, 7) is 1.70. The van der Waals surface area contributed by atoms with Crippen LogP contribution in [0.5, 0.6) is 23.0 Å². The van der Waals surface area contributed by atoms with Gasteiger partial charge in [-0.1, -0.05) is 23.7 Å². The fourth-order valence-electron chi connectivity index (χ4n) is 6.96. The van der Waals surface area contributed by atoms with Crippen molar-refractivity contribution in [1.82, 2.24) is 20.4 Å². The van der Waals surface area contributed by atoms with Crippen LogP contribution in [0.1, 0.15) is 57.3 Å². The van der Waals surface area contributed by atoms with Crippen molar-refractivity contribution >= 4 is 38.9 Å². The first-order chi connectivity index (χ1) is 26.3. The molecule has 1 aliphatic heterocycles. The number of sulfone groups is 1. The van der Waals surface area contributed by atoms with Gasteiger partial charge in [-0.05, 0) is 42.8 Å². The number of pyridine rings is 1. The number of fused-ring (bicyclic) bond motifs is 2. The van der Waals surface area contributed by atoms with Gasteiger partial charge in [0.05, 0.1) is 39.1 Å². The lowest BCUT2D eigenvalue weighted by Gasteiger charge is -2.35. The zero-order chi connectivity index (χ0) is 39.2. The van der Waals surface area contributed by atoms with Crippen molar-refractivity contribution in [3.05, 3.63) is 88.2 Å². The van der Waals surface area contributed by atoms with E-state index in [1.165, 1.54) is 33.6 Å². The largest absolute Gasteiger partial charge is 0.497 e. The van der Waals surface area contributed by atoms with Crippen molar-refractivity contribution in [2.75, 3.05) is 33.3 Å². The average Bonchev–Trinajstić information content (AvgIpc) is 3.89. The minimum Gasteiger partial charge on any atom is -0.497 e. The Hall–Kier alpha value is -5.74. The fourth-order valence-corrected chi connectivity index (χ4v) is 7.89. The Labute approximate surface area is 320 Å². The first kappa shape index (κ1) is 37.6. The molecular formula is C38H35ClN4O11S. The van der Waals surface area contributed by atoms with E-state index >= 15 is 0 Å². The number of nitrogens with one attached hydrogen (secondary N) is 1. The molecule has 0 saturated heterocycles. The zero-order valence-corrected chi connectivity index (χ0v) is 31.9. The molecule has 0 radical (unpaired) electrons. The van der Waals surface area contributed by atoms with Gasteiger partial charge in [0.1, 0.15) is 55.2 Å². The topological polar surface area (TPSA) is 199 Å². The number of amides is 1. The number of Topliss-reactive ketones (excluding diaryl/α,β-unsaturated/α-hetero) is 2. The molecule has 0 bridgehead atoms. The number of hydrogen-bond acceptors (Lipinski definition) is 14. The maximum absolute atomic E-state index is 15.0. The fraction of sp³-hybridized carbons (Fsp3) is 0.316. The molecule has 17 heteroatoms. The van der Waals surface area contributed by atoms with Gasteiger partial charge in [0.2, 0.25) is 34.8 Å². The van der Waals surface area contributed by atoms with Crippen LogP contribution < -0.4 is 24.3 Å². The molecule has 3 aromatic heterocycles. The Kier molecular flexibility index (Phi) is 9.90. The van der Waals surface area contributed by atoms with E-state index in [9.17, 15) is 22.8 Å². The standard InChI is InChI=1S/C38H35ClN4O11S/c1-19-15-26-29(34(45)38(19)35(46)30-25(50-3)17-27(51-4)31(39)33(30)53-38)23(32(52-26)20-8-10-22(49-2)11-9-20)16-28(44)41-24(12-14-55(5,47)48)37-42-36(43-54-37)21-7-6-13-40-18-21/h6-11,13,17-19,24H,12,14-16H2,1-5H3,(H,41,44)/t19-,24?,38+/m1/s1. The number of nitrogens with zero attached hydrogens (tertiary/aromatic N) is 3. The molecule has 0 fully saturated rings. The summed E-state index contributed by atoms with van der Waals surface area (Å²) >= 11 is 6.64.